The van der Waals surface area contributed by atoms with Crippen molar-refractivity contribution in [3.63, 3.8) is 0 Å². The van der Waals surface area contributed by atoms with Crippen LogP contribution >= 0.6 is 0 Å². The molecule has 3 N–H and O–H groups in total. The summed E-state index contributed by atoms with van der Waals surface area (Å²) in [6.07, 6.45) is 1.90. The van der Waals surface area contributed by atoms with Crippen LogP contribution in [0, 0.1) is 29.5 Å². The highest BCUT2D eigenvalue weighted by molar-refractivity contribution is 5.99. The minimum atomic E-state index is -4.90. The topological polar surface area (TPSA) is 87.7 Å². The lowest BCUT2D eigenvalue weighted by Crippen LogP contribution is -2.48. The van der Waals surface area contributed by atoms with Crippen molar-refractivity contribution in [2.75, 3.05) is 12.4 Å². The maximum Gasteiger partial charge on any atom is 0.419 e. The number of fused-ring (bicyclic) bond motifs is 2. The number of benzene rings is 2. The van der Waals surface area contributed by atoms with Gasteiger partial charge < -0.3 is 20.5 Å². The molecule has 6 rings (SSSR count). The number of hydrogen-bond donors (Lipinski definition) is 3. The number of carbonyl (C=O) groups excluding carboxylic acids is 2. The maximum absolute atomic E-state index is 13.8. The molecule has 6 nitrogen and oxygen atoms in total. The minimum Gasteiger partial charge on any atom is -0.496 e. The van der Waals surface area contributed by atoms with Crippen LogP contribution in [0.4, 0.5) is 23.2 Å². The lowest BCUT2D eigenvalue weighted by atomic mass is 9.77. The van der Waals surface area contributed by atoms with Crippen LogP contribution in [-0.4, -0.2) is 36.2 Å². The Labute approximate surface area is 235 Å². The predicted molar refractivity (Wildman–Crippen MR) is 143 cm³/mol. The molecule has 2 aromatic carbocycles. The van der Waals surface area contributed by atoms with E-state index in [2.05, 4.69) is 16.7 Å². The van der Waals surface area contributed by atoms with E-state index in [1.165, 1.54) is 7.11 Å². The van der Waals surface area contributed by atoms with Crippen LogP contribution < -0.4 is 15.4 Å². The van der Waals surface area contributed by atoms with Gasteiger partial charge in [0.15, 0.2) is 0 Å². The van der Waals surface area contributed by atoms with Gasteiger partial charge in [-0.15, -0.1) is 0 Å². The number of amides is 2. The third kappa shape index (κ3) is 5.34. The number of anilines is 1. The van der Waals surface area contributed by atoms with E-state index >= 15 is 0 Å². The second-order valence-corrected chi connectivity index (χ2v) is 11.8. The van der Waals surface area contributed by atoms with Crippen molar-refractivity contribution in [2.24, 2.45) is 23.7 Å². The van der Waals surface area contributed by atoms with Crippen LogP contribution in [0.3, 0.4) is 0 Å². The summed E-state index contributed by atoms with van der Waals surface area (Å²) in [5.74, 6) is -2.23. The fourth-order valence-electron chi connectivity index (χ4n) is 6.85. The highest BCUT2D eigenvalue weighted by Gasteiger charge is 2.55. The zero-order valence-electron chi connectivity index (χ0n) is 22.5. The number of allylic oxidation sites excluding steroid dienone is 1. The van der Waals surface area contributed by atoms with E-state index < -0.39 is 41.3 Å². The lowest BCUT2D eigenvalue weighted by Gasteiger charge is -2.32. The van der Waals surface area contributed by atoms with E-state index in [9.17, 15) is 32.3 Å². The van der Waals surface area contributed by atoms with Crippen molar-refractivity contribution in [1.82, 2.24) is 5.32 Å². The first kappa shape index (κ1) is 27.8. The first-order chi connectivity index (χ1) is 19.5. The van der Waals surface area contributed by atoms with Gasteiger partial charge >= 0.3 is 6.18 Å². The van der Waals surface area contributed by atoms with Gasteiger partial charge in [0.25, 0.3) is 5.91 Å². The summed E-state index contributed by atoms with van der Waals surface area (Å²) in [6, 6.07) is 7.22. The average molecular weight is 573 g/mol. The highest BCUT2D eigenvalue weighted by atomic mass is 19.4. The molecule has 4 saturated carbocycles. The minimum absolute atomic E-state index is 0.0600. The standard InChI is InChI=1S/C31H32F4N2O4/c1-41-26-9-4-16(17-11-19(38)12-17)13-23(26)29(39)37-28-21-7-6-20(22(21)10-15-2-3-15)27(28)30(40)36-18-5-8-25(32)24(14-18)31(33,34)35/h4-5,8-10,13-15,17,19-21,27-28,38H,2-3,6-7,11-12H2,1H3,(H,36,40)(H,37,39)/b22-10-/t17?,19?,20?,21?,27-,28+/m0/s1. The third-order valence-electron chi connectivity index (χ3n) is 9.14. The summed E-state index contributed by atoms with van der Waals surface area (Å²) >= 11 is 0. The van der Waals surface area contributed by atoms with Crippen LogP contribution in [0.25, 0.3) is 0 Å². The van der Waals surface area contributed by atoms with E-state index in [4.69, 9.17) is 4.74 Å². The van der Waals surface area contributed by atoms with Gasteiger partial charge in [-0.05, 0) is 92.2 Å². The van der Waals surface area contributed by atoms with E-state index in [1.807, 2.05) is 6.07 Å². The molecule has 0 radical (unpaired) electrons. The Kier molecular flexibility index (Phi) is 7.08. The summed E-state index contributed by atoms with van der Waals surface area (Å²) in [6.45, 7) is 0. The molecule has 4 fully saturated rings. The number of aliphatic hydroxyl groups excluding tert-OH is 1. The first-order valence-corrected chi connectivity index (χ1v) is 14.1. The second kappa shape index (κ2) is 10.5. The van der Waals surface area contributed by atoms with E-state index in [-0.39, 0.29) is 29.5 Å². The van der Waals surface area contributed by atoms with Crippen molar-refractivity contribution in [3.05, 3.63) is 70.6 Å². The van der Waals surface area contributed by atoms with Gasteiger partial charge in [-0.25, -0.2) is 4.39 Å². The van der Waals surface area contributed by atoms with Gasteiger partial charge in [-0.1, -0.05) is 17.7 Å². The van der Waals surface area contributed by atoms with Crippen molar-refractivity contribution in [3.8, 4) is 5.75 Å². The molecule has 4 aliphatic rings. The quantitative estimate of drug-likeness (QED) is 0.288. The predicted octanol–water partition coefficient (Wildman–Crippen LogP) is 5.82. The van der Waals surface area contributed by atoms with E-state index in [0.29, 0.717) is 42.2 Å². The van der Waals surface area contributed by atoms with Gasteiger partial charge in [0.05, 0.1) is 30.3 Å². The molecular weight excluding hydrogens is 540 g/mol. The average Bonchev–Trinajstić information content (AvgIpc) is 3.59. The number of nitrogens with one attached hydrogen (secondary N) is 2. The van der Waals surface area contributed by atoms with E-state index in [0.717, 1.165) is 42.9 Å². The SMILES string of the molecule is COc1ccc(C2CC(O)C2)cc1C(=O)N[C@@H]1C2CCC(/C2=C/C2CC2)[C@@H]1C(=O)Nc1ccc(F)c(C(F)(F)F)c1. The van der Waals surface area contributed by atoms with Crippen LogP contribution in [0.5, 0.6) is 5.75 Å². The summed E-state index contributed by atoms with van der Waals surface area (Å²) in [4.78, 5) is 27.4. The number of rotatable bonds is 7. The molecule has 4 atom stereocenters. The maximum atomic E-state index is 13.8. The molecule has 4 aliphatic carbocycles. The van der Waals surface area contributed by atoms with Crippen molar-refractivity contribution < 1.29 is 37.0 Å². The molecular formula is C31H32F4N2O4. The molecule has 2 amide bonds. The Morgan fingerprint density at radius 2 is 1.76 bits per heavy atom. The summed E-state index contributed by atoms with van der Waals surface area (Å²) < 4.78 is 59.2. The molecule has 0 saturated heterocycles. The Bertz CT molecular complexity index is 1400. The Morgan fingerprint density at radius 1 is 1.02 bits per heavy atom. The first-order valence-electron chi connectivity index (χ1n) is 14.1. The fraction of sp³-hybridized carbons (Fsp3) is 0.484. The smallest absolute Gasteiger partial charge is 0.419 e. The molecule has 2 aromatic rings. The molecule has 2 unspecified atom stereocenters. The van der Waals surface area contributed by atoms with Crippen LogP contribution in [-0.2, 0) is 11.0 Å². The van der Waals surface area contributed by atoms with Crippen LogP contribution in [0.2, 0.25) is 0 Å². The monoisotopic (exact) mass is 572 g/mol. The lowest BCUT2D eigenvalue weighted by molar-refractivity contribution is -0.140. The van der Waals surface area contributed by atoms with Gasteiger partial charge in [0, 0.05) is 17.6 Å². The van der Waals surface area contributed by atoms with Gasteiger partial charge in [-0.2, -0.15) is 13.2 Å². The third-order valence-corrected chi connectivity index (χ3v) is 9.14. The van der Waals surface area contributed by atoms with Crippen molar-refractivity contribution in [2.45, 2.75) is 62.8 Å². The number of methoxy groups -OCH3 is 1. The van der Waals surface area contributed by atoms with Gasteiger partial charge in [0.1, 0.15) is 11.6 Å². The fourth-order valence-corrected chi connectivity index (χ4v) is 6.85. The molecule has 0 heterocycles. The molecule has 0 spiro atoms. The Morgan fingerprint density at radius 3 is 2.41 bits per heavy atom. The molecule has 218 valence electrons. The molecule has 0 aromatic heterocycles. The molecule has 0 aliphatic heterocycles. The normalized spacial score (nSPS) is 29.8. The Balaban J connectivity index is 1.28. The summed E-state index contributed by atoms with van der Waals surface area (Å²) in [5, 5.41) is 15.4. The van der Waals surface area contributed by atoms with Crippen LogP contribution in [0.1, 0.15) is 65.9 Å². The number of hydrogen-bond acceptors (Lipinski definition) is 4. The largest absolute Gasteiger partial charge is 0.496 e. The summed E-state index contributed by atoms with van der Waals surface area (Å²) in [5.41, 5.74) is 0.788. The zero-order valence-corrected chi connectivity index (χ0v) is 22.5. The second-order valence-electron chi connectivity index (χ2n) is 11.8. The number of carbonyl (C=O) groups is 2. The number of halogens is 4. The van der Waals surface area contributed by atoms with Gasteiger partial charge in [0.2, 0.25) is 5.91 Å². The van der Waals surface area contributed by atoms with Crippen molar-refractivity contribution in [1.29, 1.82) is 0 Å². The summed E-state index contributed by atoms with van der Waals surface area (Å²) in [7, 11) is 1.47. The number of aliphatic hydroxyl groups is 1. The molecule has 10 heteroatoms. The molecule has 2 bridgehead atoms. The zero-order chi connectivity index (χ0) is 29.1. The molecule has 41 heavy (non-hydrogen) atoms. The van der Waals surface area contributed by atoms with Crippen molar-refractivity contribution >= 4 is 17.5 Å². The number of alkyl halides is 3. The Hall–Kier alpha value is -3.40. The number of ether oxygens (including phenoxy) is 1. The highest BCUT2D eigenvalue weighted by Crippen LogP contribution is 2.54. The van der Waals surface area contributed by atoms with E-state index in [1.54, 1.807) is 12.1 Å². The van der Waals surface area contributed by atoms with Crippen LogP contribution in [0.15, 0.2) is 48.0 Å². The van der Waals surface area contributed by atoms with Gasteiger partial charge in [-0.3, -0.25) is 9.59 Å².